The van der Waals surface area contributed by atoms with Gasteiger partial charge in [-0.15, -0.1) is 0 Å². The molecule has 0 radical (unpaired) electrons. The summed E-state index contributed by atoms with van der Waals surface area (Å²) >= 11 is 0. The van der Waals surface area contributed by atoms with Crippen molar-refractivity contribution in [2.75, 3.05) is 6.61 Å². The van der Waals surface area contributed by atoms with Crippen LogP contribution in [0, 0.1) is 0 Å². The second-order valence-corrected chi connectivity index (χ2v) is 4.50. The summed E-state index contributed by atoms with van der Waals surface area (Å²) < 4.78 is 10.9. The summed E-state index contributed by atoms with van der Waals surface area (Å²) in [4.78, 5) is 21.0. The van der Waals surface area contributed by atoms with Gasteiger partial charge in [-0.1, -0.05) is 0 Å². The van der Waals surface area contributed by atoms with Gasteiger partial charge in [-0.25, -0.2) is 0 Å². The van der Waals surface area contributed by atoms with E-state index in [-0.39, 0.29) is 0 Å². The minimum Gasteiger partial charge on any atom is -0.493 e. The molecule has 2 aromatic carbocycles. The van der Waals surface area contributed by atoms with E-state index in [0.717, 1.165) is 18.3 Å². The minimum atomic E-state index is 0.518. The molecule has 0 aromatic heterocycles. The van der Waals surface area contributed by atoms with E-state index in [4.69, 9.17) is 9.47 Å². The lowest BCUT2D eigenvalue weighted by molar-refractivity contribution is 0.111. The Kier molecular flexibility index (Phi) is 5.93. The molecule has 0 aliphatic rings. The van der Waals surface area contributed by atoms with Gasteiger partial charge in [-0.2, -0.15) is 0 Å². The van der Waals surface area contributed by atoms with Gasteiger partial charge < -0.3 is 9.47 Å². The fourth-order valence-corrected chi connectivity index (χ4v) is 1.71. The SMILES string of the molecule is O=Cc1ccc(O/C=C\CCOc2ccc(C=O)cc2)cc1. The molecular weight excluding hydrogens is 280 g/mol. The number of hydrogen-bond donors (Lipinski definition) is 0. The number of benzene rings is 2. The Balaban J connectivity index is 1.68. The molecule has 0 aliphatic heterocycles. The van der Waals surface area contributed by atoms with Crippen molar-refractivity contribution < 1.29 is 19.1 Å². The van der Waals surface area contributed by atoms with Crippen LogP contribution in [-0.2, 0) is 0 Å². The molecule has 22 heavy (non-hydrogen) atoms. The third kappa shape index (κ3) is 4.90. The molecule has 0 unspecified atom stereocenters. The summed E-state index contributed by atoms with van der Waals surface area (Å²) in [7, 11) is 0. The Bertz CT molecular complexity index is 627. The number of hydrogen-bond acceptors (Lipinski definition) is 4. The molecule has 0 atom stereocenters. The molecule has 4 nitrogen and oxygen atoms in total. The van der Waals surface area contributed by atoms with E-state index in [2.05, 4.69) is 0 Å². The van der Waals surface area contributed by atoms with Crippen molar-refractivity contribution in [3.63, 3.8) is 0 Å². The second kappa shape index (κ2) is 8.42. The van der Waals surface area contributed by atoms with Crippen LogP contribution >= 0.6 is 0 Å². The van der Waals surface area contributed by atoms with E-state index in [1.165, 1.54) is 0 Å². The van der Waals surface area contributed by atoms with Crippen molar-refractivity contribution in [1.82, 2.24) is 0 Å². The monoisotopic (exact) mass is 296 g/mol. The highest BCUT2D eigenvalue weighted by Gasteiger charge is 1.94. The minimum absolute atomic E-state index is 0.518. The van der Waals surface area contributed by atoms with Crippen molar-refractivity contribution >= 4 is 12.6 Å². The van der Waals surface area contributed by atoms with Crippen LogP contribution < -0.4 is 9.47 Å². The fourth-order valence-electron chi connectivity index (χ4n) is 1.71. The van der Waals surface area contributed by atoms with Gasteiger partial charge in [0.15, 0.2) is 0 Å². The van der Waals surface area contributed by atoms with Crippen LogP contribution in [0.5, 0.6) is 11.5 Å². The molecule has 0 aliphatic carbocycles. The maximum atomic E-state index is 10.5. The molecule has 2 rings (SSSR count). The van der Waals surface area contributed by atoms with Gasteiger partial charge in [0.25, 0.3) is 0 Å². The zero-order chi connectivity index (χ0) is 15.6. The lowest BCUT2D eigenvalue weighted by Gasteiger charge is -2.04. The first kappa shape index (κ1) is 15.5. The molecule has 0 spiro atoms. The largest absolute Gasteiger partial charge is 0.493 e. The molecule has 0 heterocycles. The normalized spacial score (nSPS) is 10.4. The number of carbonyl (C=O) groups excluding carboxylic acids is 2. The first-order chi connectivity index (χ1) is 10.8. The third-order valence-electron chi connectivity index (χ3n) is 2.89. The standard InChI is InChI=1S/C18H16O4/c19-13-15-3-7-17(8-4-15)21-11-1-2-12-22-18-9-5-16(14-20)6-10-18/h1,3-11,13-14H,2,12H2/b11-1-. The zero-order valence-electron chi connectivity index (χ0n) is 12.0. The number of rotatable bonds is 8. The lowest BCUT2D eigenvalue weighted by atomic mass is 10.2. The molecule has 2 aromatic rings. The first-order valence-electron chi connectivity index (χ1n) is 6.87. The predicted octanol–water partition coefficient (Wildman–Crippen LogP) is 3.67. The predicted molar refractivity (Wildman–Crippen MR) is 83.5 cm³/mol. The Morgan fingerprint density at radius 1 is 0.773 bits per heavy atom. The quantitative estimate of drug-likeness (QED) is 0.423. The topological polar surface area (TPSA) is 52.6 Å². The van der Waals surface area contributed by atoms with Crippen LogP contribution in [0.1, 0.15) is 27.1 Å². The molecule has 112 valence electrons. The molecule has 0 fully saturated rings. The fraction of sp³-hybridized carbons (Fsp3) is 0.111. The molecule has 0 amide bonds. The maximum absolute atomic E-state index is 10.5. The molecular formula is C18H16O4. The van der Waals surface area contributed by atoms with E-state index in [1.807, 2.05) is 6.08 Å². The van der Waals surface area contributed by atoms with E-state index in [1.54, 1.807) is 54.8 Å². The van der Waals surface area contributed by atoms with Gasteiger partial charge in [0.05, 0.1) is 12.9 Å². The third-order valence-corrected chi connectivity index (χ3v) is 2.89. The van der Waals surface area contributed by atoms with Crippen molar-refractivity contribution in [2.24, 2.45) is 0 Å². The average Bonchev–Trinajstić information content (AvgIpc) is 2.59. The molecule has 0 N–H and O–H groups in total. The molecule has 4 heteroatoms. The molecule has 0 saturated carbocycles. The van der Waals surface area contributed by atoms with Gasteiger partial charge >= 0.3 is 0 Å². The van der Waals surface area contributed by atoms with Crippen molar-refractivity contribution in [3.8, 4) is 11.5 Å². The molecule has 0 saturated heterocycles. The number of ether oxygens (including phenoxy) is 2. The van der Waals surface area contributed by atoms with E-state index < -0.39 is 0 Å². The number of aldehydes is 2. The van der Waals surface area contributed by atoms with Gasteiger partial charge in [0, 0.05) is 17.5 Å². The highest BCUT2D eigenvalue weighted by Crippen LogP contribution is 2.12. The van der Waals surface area contributed by atoms with E-state index >= 15 is 0 Å². The summed E-state index contributed by atoms with van der Waals surface area (Å²) in [5, 5.41) is 0. The van der Waals surface area contributed by atoms with Crippen molar-refractivity contribution in [2.45, 2.75) is 6.42 Å². The van der Waals surface area contributed by atoms with Gasteiger partial charge in [0.2, 0.25) is 0 Å². The van der Waals surface area contributed by atoms with Crippen molar-refractivity contribution in [1.29, 1.82) is 0 Å². The summed E-state index contributed by atoms with van der Waals surface area (Å²) in [5.41, 5.74) is 1.24. The summed E-state index contributed by atoms with van der Waals surface area (Å²) in [5.74, 6) is 1.40. The second-order valence-electron chi connectivity index (χ2n) is 4.50. The van der Waals surface area contributed by atoms with E-state index in [0.29, 0.717) is 29.9 Å². The van der Waals surface area contributed by atoms with Crippen LogP contribution in [0.2, 0.25) is 0 Å². The Morgan fingerprint density at radius 2 is 1.32 bits per heavy atom. The summed E-state index contributed by atoms with van der Waals surface area (Å²) in [6.07, 6.45) is 5.73. The Labute approximate surface area is 129 Å². The van der Waals surface area contributed by atoms with Gasteiger partial charge in [-0.3, -0.25) is 9.59 Å². The van der Waals surface area contributed by atoms with Gasteiger partial charge in [0.1, 0.15) is 24.1 Å². The summed E-state index contributed by atoms with van der Waals surface area (Å²) in [6.45, 7) is 0.518. The highest BCUT2D eigenvalue weighted by molar-refractivity contribution is 5.75. The Hall–Kier alpha value is -2.88. The van der Waals surface area contributed by atoms with Crippen LogP contribution in [0.3, 0.4) is 0 Å². The average molecular weight is 296 g/mol. The van der Waals surface area contributed by atoms with E-state index in [9.17, 15) is 9.59 Å². The smallest absolute Gasteiger partial charge is 0.150 e. The molecule has 0 bridgehead atoms. The van der Waals surface area contributed by atoms with Gasteiger partial charge in [-0.05, 0) is 54.6 Å². The van der Waals surface area contributed by atoms with Crippen LogP contribution in [0.25, 0.3) is 0 Å². The summed E-state index contributed by atoms with van der Waals surface area (Å²) in [6, 6.07) is 13.8. The van der Waals surface area contributed by atoms with Crippen LogP contribution in [0.15, 0.2) is 60.9 Å². The zero-order valence-corrected chi connectivity index (χ0v) is 12.0. The van der Waals surface area contributed by atoms with Crippen molar-refractivity contribution in [3.05, 3.63) is 72.0 Å². The Morgan fingerprint density at radius 3 is 1.86 bits per heavy atom. The highest BCUT2D eigenvalue weighted by atomic mass is 16.5. The van der Waals surface area contributed by atoms with Crippen LogP contribution in [0.4, 0.5) is 0 Å². The van der Waals surface area contributed by atoms with Crippen LogP contribution in [-0.4, -0.2) is 19.2 Å². The lowest BCUT2D eigenvalue weighted by Crippen LogP contribution is -1.96. The maximum Gasteiger partial charge on any atom is 0.150 e. The number of carbonyl (C=O) groups is 2. The first-order valence-corrected chi connectivity index (χ1v) is 6.87.